The van der Waals surface area contributed by atoms with E-state index in [1.807, 2.05) is 18.2 Å². The van der Waals surface area contributed by atoms with Gasteiger partial charge in [0, 0.05) is 0 Å². The maximum Gasteiger partial charge on any atom is 0.255 e. The molecule has 3 nitrogen and oxygen atoms in total. The van der Waals surface area contributed by atoms with Crippen molar-refractivity contribution in [3.05, 3.63) is 30.0 Å². The van der Waals surface area contributed by atoms with E-state index in [4.69, 9.17) is 0 Å². The van der Waals surface area contributed by atoms with Crippen molar-refractivity contribution < 1.29 is 8.78 Å². The number of halogens is 2. The molecule has 0 aliphatic carbocycles. The summed E-state index contributed by atoms with van der Waals surface area (Å²) < 4.78 is 24.1. The fourth-order valence-corrected chi connectivity index (χ4v) is 1.43. The highest BCUT2D eigenvalue weighted by molar-refractivity contribution is 5.76. The Labute approximate surface area is 91.5 Å². The van der Waals surface area contributed by atoms with Crippen molar-refractivity contribution in [3.8, 4) is 0 Å². The third-order valence-electron chi connectivity index (χ3n) is 2.17. The summed E-state index contributed by atoms with van der Waals surface area (Å²) in [5.41, 5.74) is 2.09. The number of rotatable bonds is 3. The second-order valence-corrected chi connectivity index (χ2v) is 3.42. The number of nitrogens with zero attached hydrogens (tertiary/aromatic N) is 2. The molecule has 0 radical (unpaired) electrons. The number of anilines is 1. The quantitative estimate of drug-likeness (QED) is 0.869. The van der Waals surface area contributed by atoms with Gasteiger partial charge >= 0.3 is 0 Å². The number of hydrogen-bond acceptors (Lipinski definition) is 3. The first kappa shape index (κ1) is 10.7. The van der Waals surface area contributed by atoms with Gasteiger partial charge in [0.2, 0.25) is 0 Å². The highest BCUT2D eigenvalue weighted by Crippen LogP contribution is 2.15. The molecule has 16 heavy (non-hydrogen) atoms. The Morgan fingerprint density at radius 2 is 1.81 bits per heavy atom. The number of alkyl halides is 2. The zero-order valence-electron chi connectivity index (χ0n) is 8.74. The van der Waals surface area contributed by atoms with Gasteiger partial charge in [-0.1, -0.05) is 12.1 Å². The molecule has 1 heterocycles. The van der Waals surface area contributed by atoms with Crippen LogP contribution in [0.5, 0.6) is 0 Å². The van der Waals surface area contributed by atoms with Gasteiger partial charge < -0.3 is 5.32 Å². The summed E-state index contributed by atoms with van der Waals surface area (Å²) in [4.78, 5) is 8.52. The van der Waals surface area contributed by atoms with Crippen molar-refractivity contribution in [2.45, 2.75) is 13.3 Å². The van der Waals surface area contributed by atoms with E-state index in [1.54, 1.807) is 13.0 Å². The monoisotopic (exact) mass is 223 g/mol. The van der Waals surface area contributed by atoms with Gasteiger partial charge in [0.1, 0.15) is 5.82 Å². The van der Waals surface area contributed by atoms with E-state index in [0.29, 0.717) is 17.0 Å². The average molecular weight is 223 g/mol. The second kappa shape index (κ2) is 4.38. The third-order valence-corrected chi connectivity index (χ3v) is 2.17. The SMILES string of the molecule is Cc1nc2ccccc2nc1NCC(F)F. The standard InChI is InChI=1S/C11H11F2N3/c1-7-11(14-6-10(12)13)16-9-5-3-2-4-8(9)15-7/h2-5,10H,6H2,1H3,(H,14,16). The van der Waals surface area contributed by atoms with Crippen molar-refractivity contribution in [2.75, 3.05) is 11.9 Å². The molecule has 0 saturated carbocycles. The van der Waals surface area contributed by atoms with Crippen LogP contribution in [-0.4, -0.2) is 22.9 Å². The maximum absolute atomic E-state index is 12.1. The summed E-state index contributed by atoms with van der Waals surface area (Å²) >= 11 is 0. The minimum absolute atomic E-state index is 0.409. The Morgan fingerprint density at radius 1 is 1.19 bits per heavy atom. The Hall–Kier alpha value is -1.78. The van der Waals surface area contributed by atoms with Crippen LogP contribution in [0.2, 0.25) is 0 Å². The zero-order chi connectivity index (χ0) is 11.5. The molecule has 0 atom stereocenters. The number of aromatic nitrogens is 2. The number of nitrogens with one attached hydrogen (secondary N) is 1. The van der Waals surface area contributed by atoms with Gasteiger partial charge in [0.05, 0.1) is 23.3 Å². The minimum Gasteiger partial charge on any atom is -0.363 e. The van der Waals surface area contributed by atoms with Crippen LogP contribution in [-0.2, 0) is 0 Å². The molecule has 0 amide bonds. The molecule has 84 valence electrons. The van der Waals surface area contributed by atoms with Gasteiger partial charge in [-0.15, -0.1) is 0 Å². The van der Waals surface area contributed by atoms with Crippen LogP contribution in [0.25, 0.3) is 11.0 Å². The first-order valence-corrected chi connectivity index (χ1v) is 4.92. The highest BCUT2D eigenvalue weighted by Gasteiger charge is 2.07. The molecule has 0 bridgehead atoms. The lowest BCUT2D eigenvalue weighted by Gasteiger charge is -2.08. The number of aryl methyl sites for hydroxylation is 1. The van der Waals surface area contributed by atoms with Crippen LogP contribution in [0, 0.1) is 6.92 Å². The molecule has 0 unspecified atom stereocenters. The molecule has 5 heteroatoms. The summed E-state index contributed by atoms with van der Waals surface area (Å²) in [7, 11) is 0. The molecule has 2 aromatic rings. The zero-order valence-corrected chi connectivity index (χ0v) is 8.74. The van der Waals surface area contributed by atoms with Crippen molar-refractivity contribution >= 4 is 16.9 Å². The summed E-state index contributed by atoms with van der Waals surface area (Å²) in [6.07, 6.45) is -2.40. The van der Waals surface area contributed by atoms with E-state index in [0.717, 1.165) is 5.52 Å². The average Bonchev–Trinajstić information content (AvgIpc) is 2.26. The molecule has 0 aliphatic rings. The van der Waals surface area contributed by atoms with Crippen LogP contribution in [0.3, 0.4) is 0 Å². The van der Waals surface area contributed by atoms with Crippen LogP contribution >= 0.6 is 0 Å². The summed E-state index contributed by atoms with van der Waals surface area (Å²) in [5, 5.41) is 2.58. The first-order chi connectivity index (χ1) is 7.66. The third kappa shape index (κ3) is 2.24. The van der Waals surface area contributed by atoms with Gasteiger partial charge in [-0.05, 0) is 19.1 Å². The first-order valence-electron chi connectivity index (χ1n) is 4.92. The predicted octanol–water partition coefficient (Wildman–Crippen LogP) is 2.62. The van der Waals surface area contributed by atoms with E-state index in [-0.39, 0.29) is 0 Å². The van der Waals surface area contributed by atoms with E-state index < -0.39 is 13.0 Å². The molecule has 0 aliphatic heterocycles. The smallest absolute Gasteiger partial charge is 0.255 e. The van der Waals surface area contributed by atoms with Crippen LogP contribution < -0.4 is 5.32 Å². The van der Waals surface area contributed by atoms with Gasteiger partial charge in [0.25, 0.3) is 6.43 Å². The number of hydrogen-bond donors (Lipinski definition) is 1. The lowest BCUT2D eigenvalue weighted by molar-refractivity contribution is 0.163. The molecular formula is C11H11F2N3. The van der Waals surface area contributed by atoms with Gasteiger partial charge in [0.15, 0.2) is 0 Å². The Kier molecular flexibility index (Phi) is 2.94. The molecule has 0 saturated heterocycles. The number of para-hydroxylation sites is 2. The Balaban J connectivity index is 2.34. The lowest BCUT2D eigenvalue weighted by Crippen LogP contribution is -2.12. The molecule has 2 rings (SSSR count). The van der Waals surface area contributed by atoms with E-state index in [2.05, 4.69) is 15.3 Å². The van der Waals surface area contributed by atoms with Crippen molar-refractivity contribution in [2.24, 2.45) is 0 Å². The van der Waals surface area contributed by atoms with Crippen molar-refractivity contribution in [1.82, 2.24) is 9.97 Å². The molecule has 1 aromatic heterocycles. The summed E-state index contributed by atoms with van der Waals surface area (Å²) in [5.74, 6) is 0.416. The largest absolute Gasteiger partial charge is 0.363 e. The van der Waals surface area contributed by atoms with Crippen molar-refractivity contribution in [3.63, 3.8) is 0 Å². The Morgan fingerprint density at radius 3 is 2.44 bits per heavy atom. The number of benzene rings is 1. The molecule has 1 N–H and O–H groups in total. The number of fused-ring (bicyclic) bond motifs is 1. The lowest BCUT2D eigenvalue weighted by atomic mass is 10.3. The molecular weight excluding hydrogens is 212 g/mol. The highest BCUT2D eigenvalue weighted by atomic mass is 19.3. The second-order valence-electron chi connectivity index (χ2n) is 3.42. The summed E-state index contributed by atoms with van der Waals surface area (Å²) in [6, 6.07) is 7.34. The fraction of sp³-hybridized carbons (Fsp3) is 0.273. The van der Waals surface area contributed by atoms with Gasteiger partial charge in [-0.25, -0.2) is 18.7 Å². The molecule has 1 aromatic carbocycles. The van der Waals surface area contributed by atoms with E-state index in [9.17, 15) is 8.78 Å². The Bertz CT molecular complexity index is 500. The van der Waals surface area contributed by atoms with Crippen molar-refractivity contribution in [1.29, 1.82) is 0 Å². The predicted molar refractivity (Wildman–Crippen MR) is 58.8 cm³/mol. The topological polar surface area (TPSA) is 37.8 Å². The minimum atomic E-state index is -2.40. The van der Waals surface area contributed by atoms with Crippen LogP contribution in [0.1, 0.15) is 5.69 Å². The maximum atomic E-state index is 12.1. The molecule has 0 spiro atoms. The normalized spacial score (nSPS) is 11.0. The fourth-order valence-electron chi connectivity index (χ4n) is 1.43. The van der Waals surface area contributed by atoms with E-state index >= 15 is 0 Å². The molecule has 0 fully saturated rings. The van der Waals surface area contributed by atoms with Gasteiger partial charge in [-0.2, -0.15) is 0 Å². The van der Waals surface area contributed by atoms with Crippen LogP contribution in [0.15, 0.2) is 24.3 Å². The van der Waals surface area contributed by atoms with E-state index in [1.165, 1.54) is 0 Å². The van der Waals surface area contributed by atoms with Crippen LogP contribution in [0.4, 0.5) is 14.6 Å². The van der Waals surface area contributed by atoms with Gasteiger partial charge in [-0.3, -0.25) is 0 Å². The summed E-state index contributed by atoms with van der Waals surface area (Å²) in [6.45, 7) is 1.33.